The van der Waals surface area contributed by atoms with E-state index in [0.717, 1.165) is 18.2 Å². The van der Waals surface area contributed by atoms with E-state index in [1.807, 2.05) is 0 Å². The number of esters is 1. The van der Waals surface area contributed by atoms with E-state index in [1.54, 1.807) is 11.8 Å². The highest BCUT2D eigenvalue weighted by Crippen LogP contribution is 2.22. The minimum absolute atomic E-state index is 0.00726. The molecule has 0 aromatic carbocycles. The van der Waals surface area contributed by atoms with Crippen LogP contribution in [0, 0.1) is 16.0 Å². The molecule has 0 saturated carbocycles. The maximum atomic E-state index is 12.5. The fraction of sp³-hybridized carbons (Fsp3) is 0.800. The van der Waals surface area contributed by atoms with Gasteiger partial charge in [0.25, 0.3) is 5.09 Å². The van der Waals surface area contributed by atoms with Gasteiger partial charge in [-0.3, -0.25) is 9.59 Å². The Morgan fingerprint density at radius 2 is 2.00 bits per heavy atom. The molecule has 0 aliphatic carbocycles. The van der Waals surface area contributed by atoms with E-state index in [0.29, 0.717) is 30.2 Å². The normalized spacial score (nSPS) is 17.6. The lowest BCUT2D eigenvalue weighted by atomic mass is 10.1. The van der Waals surface area contributed by atoms with E-state index >= 15 is 0 Å². The first-order valence-electron chi connectivity index (χ1n) is 8.28. The number of carbonyl (C=O) groups is 3. The molecule has 1 aliphatic rings. The third-order valence-corrected chi connectivity index (χ3v) is 5.65. The van der Waals surface area contributed by atoms with Crippen LogP contribution in [0.4, 0.5) is 0 Å². The van der Waals surface area contributed by atoms with Gasteiger partial charge in [0.15, 0.2) is 5.12 Å². The van der Waals surface area contributed by atoms with Gasteiger partial charge in [-0.1, -0.05) is 18.7 Å². The zero-order valence-corrected chi connectivity index (χ0v) is 16.5. The third-order valence-electron chi connectivity index (χ3n) is 3.66. The topological polar surface area (TPSA) is 116 Å². The molecule has 1 aliphatic heterocycles. The van der Waals surface area contributed by atoms with Crippen LogP contribution >= 0.6 is 23.5 Å². The fourth-order valence-electron chi connectivity index (χ4n) is 2.44. The first-order valence-corrected chi connectivity index (χ1v) is 10.4. The lowest BCUT2D eigenvalue weighted by molar-refractivity contribution is -0.756. The molecule has 9 nitrogen and oxygen atoms in total. The van der Waals surface area contributed by atoms with E-state index < -0.39 is 17.1 Å². The highest BCUT2D eigenvalue weighted by Gasteiger charge is 2.36. The van der Waals surface area contributed by atoms with Crippen LogP contribution in [-0.4, -0.2) is 70.0 Å². The summed E-state index contributed by atoms with van der Waals surface area (Å²) in [6.45, 7) is 3.89. The number of amides is 1. The summed E-state index contributed by atoms with van der Waals surface area (Å²) in [4.78, 5) is 51.5. The first kappa shape index (κ1) is 22.6. The minimum Gasteiger partial charge on any atom is -0.463 e. The molecule has 2 atom stereocenters. The van der Waals surface area contributed by atoms with Crippen molar-refractivity contribution in [2.45, 2.75) is 32.7 Å². The molecule has 1 amide bonds. The zero-order valence-electron chi connectivity index (χ0n) is 14.9. The number of ether oxygens (including phenoxy) is 1. The van der Waals surface area contributed by atoms with Gasteiger partial charge in [0.05, 0.1) is 0 Å². The SMILES string of the molecule is CC(=O)SCC(C)C(=O)N1CCCC1C(=O)OCCSCCO[N+](=O)[O-]. The number of carbonyl (C=O) groups excluding carboxylic acids is 3. The van der Waals surface area contributed by atoms with Crippen molar-refractivity contribution in [2.24, 2.45) is 5.92 Å². The number of hydrogen-bond donors (Lipinski definition) is 0. The van der Waals surface area contributed by atoms with Gasteiger partial charge in [0.1, 0.15) is 19.3 Å². The van der Waals surface area contributed by atoms with Crippen LogP contribution in [-0.2, 0) is 24.0 Å². The zero-order chi connectivity index (χ0) is 19.5. The standard InChI is InChI=1S/C15H24N2O7S2/c1-11(10-26-12(2)18)14(19)16-5-3-4-13(16)15(20)23-6-8-25-9-7-24-17(21)22/h11,13H,3-10H2,1-2H3. The van der Waals surface area contributed by atoms with E-state index in [-0.39, 0.29) is 30.2 Å². The predicted octanol–water partition coefficient (Wildman–Crippen LogP) is 1.38. The number of hydrogen-bond acceptors (Lipinski definition) is 9. The summed E-state index contributed by atoms with van der Waals surface area (Å²) in [6, 6.07) is -0.574. The molecular weight excluding hydrogens is 384 g/mol. The molecule has 26 heavy (non-hydrogen) atoms. The van der Waals surface area contributed by atoms with Crippen molar-refractivity contribution >= 4 is 40.5 Å². The highest BCUT2D eigenvalue weighted by atomic mass is 32.2. The van der Waals surface area contributed by atoms with Gasteiger partial charge in [-0.05, 0) is 12.8 Å². The van der Waals surface area contributed by atoms with Crippen LogP contribution in [0.15, 0.2) is 0 Å². The van der Waals surface area contributed by atoms with Crippen molar-refractivity contribution in [3.63, 3.8) is 0 Å². The Hall–Kier alpha value is -1.49. The van der Waals surface area contributed by atoms with Crippen molar-refractivity contribution < 1.29 is 29.0 Å². The summed E-state index contributed by atoms with van der Waals surface area (Å²) in [7, 11) is 0. The second-order valence-corrected chi connectivity index (χ2v) is 8.15. The van der Waals surface area contributed by atoms with Crippen LogP contribution in [0.1, 0.15) is 26.7 Å². The number of nitrogens with zero attached hydrogens (tertiary/aromatic N) is 2. The van der Waals surface area contributed by atoms with Crippen molar-refractivity contribution in [3.05, 3.63) is 10.1 Å². The molecule has 1 heterocycles. The van der Waals surface area contributed by atoms with Gasteiger partial charge in [0.2, 0.25) is 5.91 Å². The van der Waals surface area contributed by atoms with Crippen molar-refractivity contribution in [3.8, 4) is 0 Å². The Kier molecular flexibility index (Phi) is 10.4. The van der Waals surface area contributed by atoms with Gasteiger partial charge >= 0.3 is 5.97 Å². The number of likely N-dealkylation sites (tertiary alicyclic amines) is 1. The second-order valence-electron chi connectivity index (χ2n) is 5.73. The molecule has 0 aromatic rings. The summed E-state index contributed by atoms with van der Waals surface area (Å²) in [5.41, 5.74) is 0. The number of thioether (sulfide) groups is 2. The van der Waals surface area contributed by atoms with Crippen LogP contribution in [0.3, 0.4) is 0 Å². The average Bonchev–Trinajstić information content (AvgIpc) is 3.07. The van der Waals surface area contributed by atoms with Crippen molar-refractivity contribution in [1.82, 2.24) is 4.90 Å². The van der Waals surface area contributed by atoms with E-state index in [2.05, 4.69) is 4.84 Å². The van der Waals surface area contributed by atoms with E-state index in [1.165, 1.54) is 18.7 Å². The van der Waals surface area contributed by atoms with Gasteiger partial charge in [-0.2, -0.15) is 11.8 Å². The van der Waals surface area contributed by atoms with Crippen LogP contribution < -0.4 is 0 Å². The molecule has 1 saturated heterocycles. The molecule has 148 valence electrons. The molecule has 0 radical (unpaired) electrons. The number of rotatable bonds is 11. The Morgan fingerprint density at radius 1 is 1.31 bits per heavy atom. The lowest BCUT2D eigenvalue weighted by Crippen LogP contribution is -2.44. The molecule has 2 unspecified atom stereocenters. The molecule has 0 N–H and O–H groups in total. The second kappa shape index (κ2) is 12.0. The highest BCUT2D eigenvalue weighted by molar-refractivity contribution is 8.13. The van der Waals surface area contributed by atoms with E-state index in [4.69, 9.17) is 4.74 Å². The smallest absolute Gasteiger partial charge is 0.328 e. The van der Waals surface area contributed by atoms with Crippen LogP contribution in [0.5, 0.6) is 0 Å². The van der Waals surface area contributed by atoms with Crippen molar-refractivity contribution in [1.29, 1.82) is 0 Å². The molecule has 0 spiro atoms. The third kappa shape index (κ3) is 8.26. The Bertz CT molecular complexity index is 518. The van der Waals surface area contributed by atoms with Crippen molar-refractivity contribution in [2.75, 3.05) is 37.0 Å². The Balaban J connectivity index is 2.32. The quantitative estimate of drug-likeness (QED) is 0.216. The molecular formula is C15H24N2O7S2. The molecule has 0 aromatic heterocycles. The molecule has 11 heteroatoms. The first-order chi connectivity index (χ1) is 12.3. The largest absolute Gasteiger partial charge is 0.463 e. The van der Waals surface area contributed by atoms with Gasteiger partial charge in [-0.15, -0.1) is 10.1 Å². The molecule has 1 fully saturated rings. The summed E-state index contributed by atoms with van der Waals surface area (Å²) in [6.07, 6.45) is 1.31. The summed E-state index contributed by atoms with van der Waals surface area (Å²) < 4.78 is 5.22. The van der Waals surface area contributed by atoms with Gasteiger partial charge in [-0.25, -0.2) is 4.79 Å². The maximum Gasteiger partial charge on any atom is 0.328 e. The minimum atomic E-state index is -0.845. The fourth-order valence-corrected chi connectivity index (χ4v) is 3.67. The van der Waals surface area contributed by atoms with Crippen LogP contribution in [0.25, 0.3) is 0 Å². The van der Waals surface area contributed by atoms with Crippen LogP contribution in [0.2, 0.25) is 0 Å². The monoisotopic (exact) mass is 408 g/mol. The predicted molar refractivity (Wildman–Crippen MR) is 98.3 cm³/mol. The molecule has 0 bridgehead atoms. The molecule has 1 rings (SSSR count). The average molecular weight is 408 g/mol. The summed E-state index contributed by atoms with van der Waals surface area (Å²) in [5, 5.41) is 9.10. The van der Waals surface area contributed by atoms with Gasteiger partial charge < -0.3 is 14.5 Å². The Labute approximate surface area is 160 Å². The lowest BCUT2D eigenvalue weighted by Gasteiger charge is -2.26. The Morgan fingerprint density at radius 3 is 2.65 bits per heavy atom. The van der Waals surface area contributed by atoms with Gasteiger partial charge in [0, 0.05) is 36.6 Å². The summed E-state index contributed by atoms with van der Waals surface area (Å²) in [5.74, 6) is 0.426. The summed E-state index contributed by atoms with van der Waals surface area (Å²) >= 11 is 2.48. The van der Waals surface area contributed by atoms with E-state index in [9.17, 15) is 24.5 Å². The maximum absolute atomic E-state index is 12.5.